The third-order valence-corrected chi connectivity index (χ3v) is 3.19. The van der Waals surface area contributed by atoms with Crippen molar-refractivity contribution in [3.63, 3.8) is 0 Å². The molecule has 4 nitrogen and oxygen atoms in total. The minimum absolute atomic E-state index is 0.427. The van der Waals surface area contributed by atoms with E-state index >= 15 is 0 Å². The molecule has 0 aromatic carbocycles. The Kier molecular flexibility index (Phi) is 4.98. The molecular formula is C14H19N3O. The Hall–Kier alpha value is -1.60. The molecule has 4 heteroatoms. The Balaban J connectivity index is 1.63. The Morgan fingerprint density at radius 3 is 2.78 bits per heavy atom. The molecule has 0 bridgehead atoms. The van der Waals surface area contributed by atoms with Crippen molar-refractivity contribution in [3.8, 4) is 11.8 Å². The van der Waals surface area contributed by atoms with Crippen molar-refractivity contribution >= 4 is 0 Å². The van der Waals surface area contributed by atoms with Crippen molar-refractivity contribution in [1.82, 2.24) is 9.88 Å². The van der Waals surface area contributed by atoms with Gasteiger partial charge in [0.1, 0.15) is 17.5 Å². The molecule has 2 rings (SSSR count). The lowest BCUT2D eigenvalue weighted by molar-refractivity contribution is 0.205. The van der Waals surface area contributed by atoms with Gasteiger partial charge in [0.2, 0.25) is 0 Å². The van der Waals surface area contributed by atoms with Crippen molar-refractivity contribution < 1.29 is 4.74 Å². The predicted molar refractivity (Wildman–Crippen MR) is 69.4 cm³/mol. The van der Waals surface area contributed by atoms with Crippen LogP contribution >= 0.6 is 0 Å². The van der Waals surface area contributed by atoms with E-state index in [9.17, 15) is 0 Å². The number of piperidine rings is 1. The minimum Gasteiger partial charge on any atom is -0.492 e. The van der Waals surface area contributed by atoms with Crippen molar-refractivity contribution in [2.75, 3.05) is 26.2 Å². The van der Waals surface area contributed by atoms with Gasteiger partial charge in [0.25, 0.3) is 0 Å². The molecule has 18 heavy (non-hydrogen) atoms. The van der Waals surface area contributed by atoms with Gasteiger partial charge in [-0.3, -0.25) is 0 Å². The molecule has 96 valence electrons. The molecule has 0 atom stereocenters. The number of hydrogen-bond acceptors (Lipinski definition) is 4. The lowest BCUT2D eigenvalue weighted by Gasteiger charge is -2.26. The average Bonchev–Trinajstić information content (AvgIpc) is 2.45. The van der Waals surface area contributed by atoms with Crippen LogP contribution in [0.1, 0.15) is 31.4 Å². The fourth-order valence-electron chi connectivity index (χ4n) is 2.19. The molecule has 0 saturated carbocycles. The summed E-state index contributed by atoms with van der Waals surface area (Å²) in [6, 6.07) is 5.47. The zero-order chi connectivity index (χ0) is 12.6. The van der Waals surface area contributed by atoms with Crippen molar-refractivity contribution in [1.29, 1.82) is 5.26 Å². The van der Waals surface area contributed by atoms with Gasteiger partial charge in [-0.15, -0.1) is 0 Å². The van der Waals surface area contributed by atoms with Gasteiger partial charge in [0.15, 0.2) is 0 Å². The normalized spacial score (nSPS) is 16.2. The molecule has 1 saturated heterocycles. The monoisotopic (exact) mass is 245 g/mol. The Morgan fingerprint density at radius 2 is 2.11 bits per heavy atom. The molecule has 2 heterocycles. The van der Waals surface area contributed by atoms with Crippen LogP contribution < -0.4 is 4.74 Å². The summed E-state index contributed by atoms with van der Waals surface area (Å²) in [5, 5.41) is 8.63. The van der Waals surface area contributed by atoms with Crippen LogP contribution in [0, 0.1) is 11.3 Å². The number of hydrogen-bond donors (Lipinski definition) is 0. The third-order valence-electron chi connectivity index (χ3n) is 3.19. The summed E-state index contributed by atoms with van der Waals surface area (Å²) >= 11 is 0. The second-order valence-corrected chi connectivity index (χ2v) is 4.60. The fourth-order valence-corrected chi connectivity index (χ4v) is 2.19. The Bertz CT molecular complexity index is 390. The Morgan fingerprint density at radius 1 is 1.28 bits per heavy atom. The number of rotatable bonds is 5. The predicted octanol–water partition coefficient (Wildman–Crippen LogP) is 2.21. The summed E-state index contributed by atoms with van der Waals surface area (Å²) in [4.78, 5) is 6.47. The van der Waals surface area contributed by atoms with Gasteiger partial charge in [0.05, 0.1) is 12.8 Å². The number of pyridine rings is 1. The van der Waals surface area contributed by atoms with E-state index in [0.29, 0.717) is 12.3 Å². The van der Waals surface area contributed by atoms with Gasteiger partial charge in [-0.25, -0.2) is 4.98 Å². The van der Waals surface area contributed by atoms with Crippen LogP contribution in [0.3, 0.4) is 0 Å². The number of aromatic nitrogens is 1. The fraction of sp³-hybridized carbons (Fsp3) is 0.571. The molecule has 1 fully saturated rings. The number of nitriles is 1. The second kappa shape index (κ2) is 6.97. The lowest BCUT2D eigenvalue weighted by atomic mass is 10.1. The van der Waals surface area contributed by atoms with Gasteiger partial charge >= 0.3 is 0 Å². The van der Waals surface area contributed by atoms with Gasteiger partial charge in [-0.1, -0.05) is 6.42 Å². The van der Waals surface area contributed by atoms with Crippen LogP contribution in [0.2, 0.25) is 0 Å². The topological polar surface area (TPSA) is 49.1 Å². The zero-order valence-electron chi connectivity index (χ0n) is 10.6. The largest absolute Gasteiger partial charge is 0.492 e. The summed E-state index contributed by atoms with van der Waals surface area (Å²) in [5.41, 5.74) is 0.427. The molecule has 0 aliphatic carbocycles. The first-order valence-electron chi connectivity index (χ1n) is 6.60. The summed E-state index contributed by atoms with van der Waals surface area (Å²) in [6.45, 7) is 4.30. The quantitative estimate of drug-likeness (QED) is 0.746. The van der Waals surface area contributed by atoms with Crippen LogP contribution in [0.5, 0.6) is 5.75 Å². The lowest BCUT2D eigenvalue weighted by Crippen LogP contribution is -2.31. The van der Waals surface area contributed by atoms with Crippen LogP contribution in [-0.4, -0.2) is 36.1 Å². The van der Waals surface area contributed by atoms with Gasteiger partial charge in [-0.05, 0) is 44.5 Å². The van der Waals surface area contributed by atoms with E-state index in [-0.39, 0.29) is 0 Å². The third kappa shape index (κ3) is 4.01. The van der Waals surface area contributed by atoms with E-state index in [1.165, 1.54) is 32.4 Å². The molecular weight excluding hydrogens is 226 g/mol. The Labute approximate surface area is 108 Å². The molecule has 0 unspecified atom stereocenters. The van der Waals surface area contributed by atoms with Gasteiger partial charge in [0, 0.05) is 6.54 Å². The molecule has 0 N–H and O–H groups in total. The standard InChI is InChI=1S/C14H19N3O/c15-11-13-5-6-14(12-16-13)18-10-4-9-17-7-2-1-3-8-17/h5-6,12H,1-4,7-10H2. The molecule has 0 amide bonds. The second-order valence-electron chi connectivity index (χ2n) is 4.60. The van der Waals surface area contributed by atoms with Gasteiger partial charge in [-0.2, -0.15) is 5.26 Å². The highest BCUT2D eigenvalue weighted by Crippen LogP contribution is 2.11. The summed E-state index contributed by atoms with van der Waals surface area (Å²) in [5.74, 6) is 0.743. The van der Waals surface area contributed by atoms with Crippen LogP contribution in [0.15, 0.2) is 18.3 Å². The SMILES string of the molecule is N#Cc1ccc(OCCCN2CCCCC2)cn1. The average molecular weight is 245 g/mol. The number of ether oxygens (including phenoxy) is 1. The van der Waals surface area contributed by atoms with Crippen molar-refractivity contribution in [2.45, 2.75) is 25.7 Å². The smallest absolute Gasteiger partial charge is 0.140 e. The van der Waals surface area contributed by atoms with E-state index in [2.05, 4.69) is 9.88 Å². The highest BCUT2D eigenvalue weighted by Gasteiger charge is 2.08. The van der Waals surface area contributed by atoms with E-state index in [1.807, 2.05) is 6.07 Å². The molecule has 1 aliphatic rings. The van der Waals surface area contributed by atoms with Gasteiger partial charge < -0.3 is 9.64 Å². The van der Waals surface area contributed by atoms with Crippen molar-refractivity contribution in [3.05, 3.63) is 24.0 Å². The van der Waals surface area contributed by atoms with Crippen molar-refractivity contribution in [2.24, 2.45) is 0 Å². The molecule has 1 aromatic heterocycles. The maximum absolute atomic E-state index is 8.63. The van der Waals surface area contributed by atoms with E-state index < -0.39 is 0 Å². The van der Waals surface area contributed by atoms with E-state index in [4.69, 9.17) is 10.00 Å². The van der Waals surface area contributed by atoms with Crippen LogP contribution in [0.25, 0.3) is 0 Å². The van der Waals surface area contributed by atoms with E-state index in [1.54, 1.807) is 18.3 Å². The van der Waals surface area contributed by atoms with Crippen LogP contribution in [0.4, 0.5) is 0 Å². The minimum atomic E-state index is 0.427. The summed E-state index contributed by atoms with van der Waals surface area (Å²) in [6.07, 6.45) is 6.70. The summed E-state index contributed by atoms with van der Waals surface area (Å²) < 4.78 is 5.60. The molecule has 1 aliphatic heterocycles. The maximum atomic E-state index is 8.63. The maximum Gasteiger partial charge on any atom is 0.140 e. The molecule has 1 aromatic rings. The number of nitrogens with zero attached hydrogens (tertiary/aromatic N) is 3. The highest BCUT2D eigenvalue weighted by molar-refractivity contribution is 5.26. The number of likely N-dealkylation sites (tertiary alicyclic amines) is 1. The van der Waals surface area contributed by atoms with Crippen LogP contribution in [-0.2, 0) is 0 Å². The molecule has 0 radical (unpaired) electrons. The summed E-state index contributed by atoms with van der Waals surface area (Å²) in [7, 11) is 0. The van der Waals surface area contributed by atoms with E-state index in [0.717, 1.165) is 18.7 Å². The molecule has 0 spiro atoms. The zero-order valence-corrected chi connectivity index (χ0v) is 10.6. The first kappa shape index (κ1) is 12.8. The first-order chi connectivity index (χ1) is 8.88. The first-order valence-corrected chi connectivity index (χ1v) is 6.60. The highest BCUT2D eigenvalue weighted by atomic mass is 16.5.